The third kappa shape index (κ3) is 4.90. The van der Waals surface area contributed by atoms with Crippen LogP contribution in [0.1, 0.15) is 73.4 Å². The van der Waals surface area contributed by atoms with E-state index in [1.807, 2.05) is 0 Å². The van der Waals surface area contributed by atoms with Gasteiger partial charge in [0.2, 0.25) is 0 Å². The number of hydrogen-bond donors (Lipinski definition) is 0. The monoisotopic (exact) mass is 468 g/mol. The smallest absolute Gasteiger partial charge is 0.0958 e. The maximum absolute atomic E-state index is 5.58. The highest BCUT2D eigenvalue weighted by atomic mass is 32.1. The van der Waals surface area contributed by atoms with Gasteiger partial charge in [-0.3, -0.25) is 0 Å². The van der Waals surface area contributed by atoms with Crippen LogP contribution in [-0.2, 0) is 0 Å². The van der Waals surface area contributed by atoms with Gasteiger partial charge in [-0.2, -0.15) is 0 Å². The van der Waals surface area contributed by atoms with Crippen LogP contribution in [-0.4, -0.2) is 23.1 Å². The summed E-state index contributed by atoms with van der Waals surface area (Å²) in [6.07, 6.45) is 4.43. The molecular weight excluding hydrogens is 427 g/mol. The normalized spacial score (nSPS) is 19.2. The summed E-state index contributed by atoms with van der Waals surface area (Å²) < 4.78 is 5.58. The van der Waals surface area contributed by atoms with E-state index in [0.717, 1.165) is 12.8 Å². The van der Waals surface area contributed by atoms with Crippen molar-refractivity contribution in [2.45, 2.75) is 93.7 Å². The Morgan fingerprint density at radius 3 is 1.50 bits per heavy atom. The highest BCUT2D eigenvalue weighted by Gasteiger charge is 2.44. The van der Waals surface area contributed by atoms with Crippen LogP contribution in [0.4, 0.5) is 11.4 Å². The van der Waals surface area contributed by atoms with Gasteiger partial charge in [0, 0.05) is 17.5 Å². The van der Waals surface area contributed by atoms with Gasteiger partial charge in [-0.05, 0) is 102 Å². The Morgan fingerprint density at radius 2 is 1.16 bits per heavy atom. The summed E-state index contributed by atoms with van der Waals surface area (Å²) in [6.45, 7) is 20.6. The Kier molecular flexibility index (Phi) is 8.05. The molecule has 32 heavy (non-hydrogen) atoms. The Labute approximate surface area is 203 Å². The molecule has 1 aliphatic heterocycles. The first-order valence-corrected chi connectivity index (χ1v) is 13.9. The maximum Gasteiger partial charge on any atom is 0.0958 e. The Balaban J connectivity index is 2.11. The minimum absolute atomic E-state index is 0.458. The molecule has 0 amide bonds. The van der Waals surface area contributed by atoms with Crippen LogP contribution >= 0.6 is 20.4 Å². The van der Waals surface area contributed by atoms with Gasteiger partial charge in [0.25, 0.3) is 0 Å². The molecule has 2 nitrogen and oxygen atoms in total. The first kappa shape index (κ1) is 25.2. The summed E-state index contributed by atoms with van der Waals surface area (Å²) in [6, 6.07) is 10.3. The molecule has 0 unspecified atom stereocenters. The lowest BCUT2D eigenvalue weighted by molar-refractivity contribution is 0.643. The molecule has 174 valence electrons. The second-order valence-electron chi connectivity index (χ2n) is 9.76. The standard InChI is InChI=1S/C28H41N2PS/c1-10-26(32)12-11-13-31-29(27-20(4)14-18(2)15-21(27)5)24(8)25(9)30(31)28-22(6)16-19(3)17-23(28)7/h14-17,24-25H,10-13H2,1-9H3/t24-,25-/m1/s1. The van der Waals surface area contributed by atoms with Crippen LogP contribution in [0.5, 0.6) is 0 Å². The van der Waals surface area contributed by atoms with Gasteiger partial charge in [-0.25, -0.2) is 0 Å². The highest BCUT2D eigenvalue weighted by Crippen LogP contribution is 2.60. The third-order valence-electron chi connectivity index (χ3n) is 6.90. The molecule has 2 aromatic carbocycles. The van der Waals surface area contributed by atoms with Crippen LogP contribution in [0.2, 0.25) is 0 Å². The molecule has 1 heterocycles. The largest absolute Gasteiger partial charge is 0.328 e. The summed E-state index contributed by atoms with van der Waals surface area (Å²) in [5.41, 5.74) is 11.2. The predicted molar refractivity (Wildman–Crippen MR) is 149 cm³/mol. The van der Waals surface area contributed by atoms with Crippen molar-refractivity contribution in [3.8, 4) is 0 Å². The molecule has 1 aliphatic rings. The van der Waals surface area contributed by atoms with Gasteiger partial charge >= 0.3 is 0 Å². The first-order valence-electron chi connectivity index (χ1n) is 12.1. The molecule has 0 saturated carbocycles. The Morgan fingerprint density at radius 1 is 0.781 bits per heavy atom. The fourth-order valence-electron chi connectivity index (χ4n) is 5.45. The van der Waals surface area contributed by atoms with E-state index in [2.05, 4.69) is 95.9 Å². The minimum atomic E-state index is -0.516. The SMILES string of the molecule is CCC(=S)CCCP1N(c2c(C)cc(C)cc2C)[C@H](C)[C@@H](C)N1c1c(C)cc(C)cc1C. The van der Waals surface area contributed by atoms with Crippen molar-refractivity contribution < 1.29 is 0 Å². The van der Waals surface area contributed by atoms with Gasteiger partial charge in [-0.15, -0.1) is 0 Å². The predicted octanol–water partition coefficient (Wildman–Crippen LogP) is 8.51. The van der Waals surface area contributed by atoms with Crippen LogP contribution in [0, 0.1) is 41.5 Å². The van der Waals surface area contributed by atoms with Crippen LogP contribution in [0.25, 0.3) is 0 Å². The maximum atomic E-state index is 5.58. The van der Waals surface area contributed by atoms with Gasteiger partial charge in [0.15, 0.2) is 0 Å². The number of hydrogen-bond acceptors (Lipinski definition) is 3. The molecule has 2 atom stereocenters. The van der Waals surface area contributed by atoms with E-state index in [-0.39, 0.29) is 0 Å². The Bertz CT molecular complexity index is 883. The van der Waals surface area contributed by atoms with E-state index < -0.39 is 8.22 Å². The molecule has 0 aromatic heterocycles. The molecule has 0 spiro atoms. The number of anilines is 2. The lowest BCUT2D eigenvalue weighted by Crippen LogP contribution is -2.33. The topological polar surface area (TPSA) is 6.48 Å². The van der Waals surface area contributed by atoms with E-state index in [1.54, 1.807) is 0 Å². The van der Waals surface area contributed by atoms with Gasteiger partial charge < -0.3 is 9.34 Å². The Hall–Kier alpha value is -1.44. The van der Waals surface area contributed by atoms with Crippen molar-refractivity contribution in [3.05, 3.63) is 57.6 Å². The van der Waals surface area contributed by atoms with Crippen LogP contribution in [0.3, 0.4) is 0 Å². The van der Waals surface area contributed by atoms with E-state index in [4.69, 9.17) is 12.2 Å². The molecule has 1 fully saturated rings. The van der Waals surface area contributed by atoms with Crippen molar-refractivity contribution in [2.75, 3.05) is 15.5 Å². The van der Waals surface area contributed by atoms with Crippen molar-refractivity contribution in [3.63, 3.8) is 0 Å². The zero-order valence-corrected chi connectivity index (χ0v) is 23.3. The fourth-order valence-corrected chi connectivity index (χ4v) is 8.99. The molecular formula is C28H41N2PS. The zero-order valence-electron chi connectivity index (χ0n) is 21.5. The average Bonchev–Trinajstić information content (AvgIpc) is 2.92. The van der Waals surface area contributed by atoms with E-state index in [1.165, 1.54) is 62.2 Å². The lowest BCUT2D eigenvalue weighted by Gasteiger charge is -2.37. The number of benzene rings is 2. The molecule has 0 bridgehead atoms. The molecule has 0 radical (unpaired) electrons. The number of nitrogens with zero attached hydrogens (tertiary/aromatic N) is 2. The second-order valence-corrected chi connectivity index (χ2v) is 12.4. The quantitative estimate of drug-likeness (QED) is 0.297. The zero-order chi connectivity index (χ0) is 23.7. The molecule has 4 heteroatoms. The van der Waals surface area contributed by atoms with Crippen LogP contribution < -0.4 is 9.34 Å². The summed E-state index contributed by atoms with van der Waals surface area (Å²) in [4.78, 5) is 1.21. The molecule has 0 N–H and O–H groups in total. The highest BCUT2D eigenvalue weighted by molar-refractivity contribution is 7.80. The number of aryl methyl sites for hydroxylation is 6. The summed E-state index contributed by atoms with van der Waals surface area (Å²) in [5.74, 6) is 0. The number of rotatable bonds is 7. The first-order chi connectivity index (χ1) is 15.1. The summed E-state index contributed by atoms with van der Waals surface area (Å²) in [7, 11) is -0.516. The minimum Gasteiger partial charge on any atom is -0.328 e. The van der Waals surface area contributed by atoms with E-state index in [0.29, 0.717) is 12.1 Å². The third-order valence-corrected chi connectivity index (χ3v) is 10.2. The molecule has 3 rings (SSSR count). The number of thiocarbonyl (C=S) groups is 1. The second kappa shape index (κ2) is 10.2. The summed E-state index contributed by atoms with van der Waals surface area (Å²) in [5, 5.41) is 0. The van der Waals surface area contributed by atoms with Gasteiger partial charge in [-0.1, -0.05) is 54.5 Å². The van der Waals surface area contributed by atoms with Gasteiger partial charge in [0.05, 0.1) is 20.3 Å². The summed E-state index contributed by atoms with van der Waals surface area (Å²) >= 11 is 5.58. The molecule has 1 saturated heterocycles. The average molecular weight is 469 g/mol. The van der Waals surface area contributed by atoms with Crippen molar-refractivity contribution in [1.29, 1.82) is 0 Å². The fraction of sp³-hybridized carbons (Fsp3) is 0.536. The lowest BCUT2D eigenvalue weighted by atomic mass is 10.0. The van der Waals surface area contributed by atoms with Gasteiger partial charge in [0.1, 0.15) is 0 Å². The van der Waals surface area contributed by atoms with Crippen molar-refractivity contribution in [2.24, 2.45) is 0 Å². The van der Waals surface area contributed by atoms with Crippen LogP contribution in [0.15, 0.2) is 24.3 Å². The molecule has 0 aliphatic carbocycles. The van der Waals surface area contributed by atoms with Crippen molar-refractivity contribution >= 4 is 36.7 Å². The van der Waals surface area contributed by atoms with E-state index in [9.17, 15) is 0 Å². The molecule has 2 aromatic rings. The van der Waals surface area contributed by atoms with Crippen molar-refractivity contribution in [1.82, 2.24) is 0 Å². The van der Waals surface area contributed by atoms with E-state index >= 15 is 0 Å².